The number of hydrogen-bond donors (Lipinski definition) is 0. The van der Waals surface area contributed by atoms with Crippen LogP contribution in [0.3, 0.4) is 0 Å². The fourth-order valence-electron chi connectivity index (χ4n) is 1.00. The van der Waals surface area contributed by atoms with E-state index in [0.717, 1.165) is 0 Å². The van der Waals surface area contributed by atoms with Crippen LogP contribution in [0.5, 0.6) is 0 Å². The molecule has 0 spiro atoms. The highest BCUT2D eigenvalue weighted by Gasteiger charge is 1.98. The molecule has 2 aromatic heterocycles. The first-order chi connectivity index (χ1) is 5.79. The van der Waals surface area contributed by atoms with Crippen LogP contribution < -0.4 is 5.56 Å². The molecule has 0 saturated heterocycles. The van der Waals surface area contributed by atoms with Gasteiger partial charge in [0.2, 0.25) is 0 Å². The molecule has 0 aliphatic heterocycles. The second-order valence-electron chi connectivity index (χ2n) is 2.34. The minimum atomic E-state index is -0.0128. The Morgan fingerprint density at radius 1 is 1.42 bits per heavy atom. The zero-order chi connectivity index (χ0) is 8.55. The smallest absolute Gasteiger partial charge is 0.268 e. The molecule has 0 fully saturated rings. The van der Waals surface area contributed by atoms with Crippen molar-refractivity contribution in [1.82, 2.24) is 9.38 Å². The maximum atomic E-state index is 11.4. The molecule has 0 amide bonds. The predicted molar refractivity (Wildman–Crippen MR) is 54.2 cm³/mol. The molecule has 0 bridgehead atoms. The van der Waals surface area contributed by atoms with Gasteiger partial charge in [-0.2, -0.15) is 0 Å². The molecule has 0 aromatic carbocycles. The van der Waals surface area contributed by atoms with Crippen molar-refractivity contribution in [2.24, 2.45) is 0 Å². The lowest BCUT2D eigenvalue weighted by atomic mass is 10.4. The van der Waals surface area contributed by atoms with Gasteiger partial charge >= 0.3 is 0 Å². The van der Waals surface area contributed by atoms with Gasteiger partial charge < -0.3 is 0 Å². The molecule has 0 atom stereocenters. The van der Waals surface area contributed by atoms with Crippen molar-refractivity contribution in [2.45, 2.75) is 0 Å². The molecule has 0 aliphatic carbocycles. The highest BCUT2D eigenvalue weighted by atomic mass is 127. The summed E-state index contributed by atoms with van der Waals surface area (Å²) in [5, 5.41) is 0. The molecule has 0 N–H and O–H groups in total. The average molecular weight is 272 g/mol. The van der Waals surface area contributed by atoms with Crippen molar-refractivity contribution in [3.05, 3.63) is 44.5 Å². The fourth-order valence-corrected chi connectivity index (χ4v) is 1.40. The van der Waals surface area contributed by atoms with E-state index >= 15 is 0 Å². The van der Waals surface area contributed by atoms with Crippen LogP contribution in [0.4, 0.5) is 0 Å². The second kappa shape index (κ2) is 2.85. The Hall–Kier alpha value is -0.910. The quantitative estimate of drug-likeness (QED) is 0.677. The van der Waals surface area contributed by atoms with E-state index < -0.39 is 0 Å². The van der Waals surface area contributed by atoms with Gasteiger partial charge in [-0.25, -0.2) is 4.98 Å². The molecule has 60 valence electrons. The van der Waals surface area contributed by atoms with Crippen LogP contribution >= 0.6 is 22.6 Å². The molecule has 4 heteroatoms. The van der Waals surface area contributed by atoms with Crippen LogP contribution in [0.25, 0.3) is 5.65 Å². The third kappa shape index (κ3) is 1.12. The van der Waals surface area contributed by atoms with E-state index in [2.05, 4.69) is 4.98 Å². The number of rotatable bonds is 0. The van der Waals surface area contributed by atoms with Crippen molar-refractivity contribution >= 4 is 28.2 Å². The Labute approximate surface area is 82.2 Å². The fraction of sp³-hybridized carbons (Fsp3) is 0. The Balaban J connectivity index is 3.01. The first-order valence-corrected chi connectivity index (χ1v) is 4.49. The number of halogens is 1. The maximum absolute atomic E-state index is 11.4. The highest BCUT2D eigenvalue weighted by Crippen LogP contribution is 1.98. The van der Waals surface area contributed by atoms with E-state index in [-0.39, 0.29) is 5.56 Å². The normalized spacial score (nSPS) is 10.4. The van der Waals surface area contributed by atoms with E-state index in [1.165, 1.54) is 4.40 Å². The van der Waals surface area contributed by atoms with E-state index in [1.54, 1.807) is 18.5 Å². The van der Waals surface area contributed by atoms with Gasteiger partial charge in [0.25, 0.3) is 5.56 Å². The predicted octanol–water partition coefficient (Wildman–Crippen LogP) is 1.30. The van der Waals surface area contributed by atoms with Crippen LogP contribution in [0, 0.1) is 3.57 Å². The van der Waals surface area contributed by atoms with Gasteiger partial charge in [0.1, 0.15) is 5.65 Å². The Bertz CT molecular complexity index is 478. The number of aromatic nitrogens is 2. The summed E-state index contributed by atoms with van der Waals surface area (Å²) in [6.45, 7) is 0. The van der Waals surface area contributed by atoms with Crippen molar-refractivity contribution in [1.29, 1.82) is 0 Å². The van der Waals surface area contributed by atoms with Gasteiger partial charge in [-0.1, -0.05) is 6.07 Å². The summed E-state index contributed by atoms with van der Waals surface area (Å²) >= 11 is 1.98. The van der Waals surface area contributed by atoms with E-state index in [1.807, 2.05) is 34.7 Å². The van der Waals surface area contributed by atoms with Gasteiger partial charge in [0.05, 0.1) is 3.57 Å². The molecular formula is C8H5IN2O. The van der Waals surface area contributed by atoms with Gasteiger partial charge in [0.15, 0.2) is 0 Å². The molecule has 0 unspecified atom stereocenters. The van der Waals surface area contributed by atoms with Crippen molar-refractivity contribution in [3.8, 4) is 0 Å². The van der Waals surface area contributed by atoms with E-state index in [9.17, 15) is 4.79 Å². The summed E-state index contributed by atoms with van der Waals surface area (Å²) in [6, 6.07) is 5.47. The largest absolute Gasteiger partial charge is 0.271 e. The molecule has 2 heterocycles. The lowest BCUT2D eigenvalue weighted by Crippen LogP contribution is -2.16. The van der Waals surface area contributed by atoms with Gasteiger partial charge in [0, 0.05) is 12.4 Å². The third-order valence-electron chi connectivity index (χ3n) is 1.57. The van der Waals surface area contributed by atoms with Crippen LogP contribution in [-0.4, -0.2) is 9.38 Å². The summed E-state index contributed by atoms with van der Waals surface area (Å²) in [5.74, 6) is 0. The Morgan fingerprint density at radius 2 is 2.25 bits per heavy atom. The second-order valence-corrected chi connectivity index (χ2v) is 3.50. The lowest BCUT2D eigenvalue weighted by Gasteiger charge is -1.97. The van der Waals surface area contributed by atoms with Crippen LogP contribution in [-0.2, 0) is 0 Å². The zero-order valence-corrected chi connectivity index (χ0v) is 8.22. The van der Waals surface area contributed by atoms with Crippen molar-refractivity contribution in [2.75, 3.05) is 0 Å². The topological polar surface area (TPSA) is 34.4 Å². The van der Waals surface area contributed by atoms with Crippen LogP contribution in [0.1, 0.15) is 0 Å². The van der Waals surface area contributed by atoms with Crippen LogP contribution in [0.2, 0.25) is 0 Å². The molecule has 2 rings (SSSR count). The van der Waals surface area contributed by atoms with E-state index in [0.29, 0.717) is 9.22 Å². The van der Waals surface area contributed by atoms with Crippen LogP contribution in [0.15, 0.2) is 35.4 Å². The van der Waals surface area contributed by atoms with Crippen molar-refractivity contribution in [3.63, 3.8) is 0 Å². The van der Waals surface area contributed by atoms with Crippen molar-refractivity contribution < 1.29 is 0 Å². The number of pyridine rings is 1. The average Bonchev–Trinajstić information content (AvgIpc) is 2.12. The Morgan fingerprint density at radius 3 is 3.08 bits per heavy atom. The minimum Gasteiger partial charge on any atom is -0.268 e. The Kier molecular flexibility index (Phi) is 1.84. The molecule has 3 nitrogen and oxygen atoms in total. The summed E-state index contributed by atoms with van der Waals surface area (Å²) in [7, 11) is 0. The summed E-state index contributed by atoms with van der Waals surface area (Å²) in [4.78, 5) is 15.5. The number of hydrogen-bond acceptors (Lipinski definition) is 2. The first kappa shape index (κ1) is 7.72. The monoisotopic (exact) mass is 272 g/mol. The SMILES string of the molecule is O=c1c(I)cnc2ccccn12. The molecule has 0 aliphatic rings. The maximum Gasteiger partial charge on any atom is 0.271 e. The van der Waals surface area contributed by atoms with Gasteiger partial charge in [-0.15, -0.1) is 0 Å². The highest BCUT2D eigenvalue weighted by molar-refractivity contribution is 14.1. The number of nitrogens with zero attached hydrogens (tertiary/aromatic N) is 2. The molecule has 0 saturated carbocycles. The first-order valence-electron chi connectivity index (χ1n) is 3.41. The minimum absolute atomic E-state index is 0.0128. The number of fused-ring (bicyclic) bond motifs is 1. The molecule has 12 heavy (non-hydrogen) atoms. The summed E-state index contributed by atoms with van der Waals surface area (Å²) in [5.41, 5.74) is 0.670. The molecule has 2 aromatic rings. The van der Waals surface area contributed by atoms with Gasteiger partial charge in [-0.05, 0) is 34.7 Å². The van der Waals surface area contributed by atoms with E-state index in [4.69, 9.17) is 0 Å². The lowest BCUT2D eigenvalue weighted by molar-refractivity contribution is 1.03. The standard InChI is InChI=1S/C8H5IN2O/c9-6-5-10-7-3-1-2-4-11(7)8(6)12/h1-5H. The third-order valence-corrected chi connectivity index (χ3v) is 2.31. The van der Waals surface area contributed by atoms with Gasteiger partial charge in [-0.3, -0.25) is 9.20 Å². The molecular weight excluding hydrogens is 267 g/mol. The zero-order valence-electron chi connectivity index (χ0n) is 6.07. The molecule has 0 radical (unpaired) electrons. The summed E-state index contributed by atoms with van der Waals surface area (Å²) < 4.78 is 2.16. The summed E-state index contributed by atoms with van der Waals surface area (Å²) in [6.07, 6.45) is 3.30.